The molecule has 0 aromatic heterocycles. The first-order chi connectivity index (χ1) is 13.6. The Labute approximate surface area is 168 Å². The van der Waals surface area contributed by atoms with E-state index < -0.39 is 6.04 Å². The number of unbranched alkanes of at least 4 members (excludes halogenated alkanes) is 4. The van der Waals surface area contributed by atoms with Crippen molar-refractivity contribution in [1.82, 2.24) is 5.32 Å². The van der Waals surface area contributed by atoms with Gasteiger partial charge in [0.25, 0.3) is 0 Å². The molecule has 0 radical (unpaired) electrons. The standard InChI is InChI=1S/C23H35NO4/c1-2-3-4-5-6-10-13-21-19(15-16-22(21)27)12-9-7-8-11-14-23(28)24-20(17-25)18-26/h6-7,9-10,13,15-16,19-20,25-26H,2-5,8,11-12,14,17-18H2,1H3,(H,24,28). The topological polar surface area (TPSA) is 86.6 Å². The van der Waals surface area contributed by atoms with Gasteiger partial charge in [0.2, 0.25) is 5.91 Å². The molecule has 1 atom stereocenters. The average Bonchev–Trinajstić information content (AvgIpc) is 3.05. The lowest BCUT2D eigenvalue weighted by Gasteiger charge is -2.12. The maximum atomic E-state index is 12.0. The van der Waals surface area contributed by atoms with Crippen LogP contribution in [-0.2, 0) is 9.59 Å². The van der Waals surface area contributed by atoms with E-state index in [-0.39, 0.29) is 30.8 Å². The third-order valence-electron chi connectivity index (χ3n) is 4.69. The molecule has 0 spiro atoms. The van der Waals surface area contributed by atoms with Gasteiger partial charge < -0.3 is 15.5 Å². The first kappa shape index (κ1) is 24.1. The molecule has 0 fully saturated rings. The van der Waals surface area contributed by atoms with E-state index in [1.54, 1.807) is 6.08 Å². The van der Waals surface area contributed by atoms with Gasteiger partial charge in [0, 0.05) is 17.9 Å². The van der Waals surface area contributed by atoms with E-state index in [0.717, 1.165) is 24.8 Å². The molecule has 0 saturated heterocycles. The van der Waals surface area contributed by atoms with Crippen molar-refractivity contribution in [1.29, 1.82) is 0 Å². The number of rotatable bonds is 14. The second kappa shape index (κ2) is 15.0. The van der Waals surface area contributed by atoms with Gasteiger partial charge in [0.05, 0.1) is 19.3 Å². The Morgan fingerprint density at radius 2 is 1.89 bits per heavy atom. The highest BCUT2D eigenvalue weighted by molar-refractivity contribution is 6.07. The number of carbonyl (C=O) groups is 2. The van der Waals surface area contributed by atoms with Crippen molar-refractivity contribution in [3.8, 4) is 0 Å². The Morgan fingerprint density at radius 1 is 1.14 bits per heavy atom. The predicted octanol–water partition coefficient (Wildman–Crippen LogP) is 3.39. The van der Waals surface area contributed by atoms with Gasteiger partial charge in [-0.2, -0.15) is 0 Å². The summed E-state index contributed by atoms with van der Waals surface area (Å²) in [4.78, 5) is 23.7. The fraction of sp³-hybridized carbons (Fsp3) is 0.565. The second-order valence-corrected chi connectivity index (χ2v) is 7.10. The first-order valence-electron chi connectivity index (χ1n) is 10.4. The molecule has 0 aromatic rings. The third kappa shape index (κ3) is 9.81. The van der Waals surface area contributed by atoms with Crippen LogP contribution in [0.3, 0.4) is 0 Å². The number of hydrogen-bond donors (Lipinski definition) is 3. The van der Waals surface area contributed by atoms with Crippen LogP contribution in [0.4, 0.5) is 0 Å². The zero-order valence-corrected chi connectivity index (χ0v) is 17.0. The molecule has 0 heterocycles. The maximum absolute atomic E-state index is 12.0. The average molecular weight is 390 g/mol. The van der Waals surface area contributed by atoms with Crippen molar-refractivity contribution >= 4 is 11.7 Å². The predicted molar refractivity (Wildman–Crippen MR) is 113 cm³/mol. The van der Waals surface area contributed by atoms with Crippen LogP contribution in [0.5, 0.6) is 0 Å². The smallest absolute Gasteiger partial charge is 0.220 e. The molecule has 1 aliphatic rings. The molecule has 1 unspecified atom stereocenters. The lowest BCUT2D eigenvalue weighted by atomic mass is 9.97. The summed E-state index contributed by atoms with van der Waals surface area (Å²) in [6.45, 7) is 1.66. The fourth-order valence-corrected chi connectivity index (χ4v) is 2.97. The van der Waals surface area contributed by atoms with Crippen LogP contribution in [0.1, 0.15) is 58.3 Å². The van der Waals surface area contributed by atoms with Gasteiger partial charge in [-0.15, -0.1) is 0 Å². The summed E-state index contributed by atoms with van der Waals surface area (Å²) in [5.74, 6) is 0.0552. The fourth-order valence-electron chi connectivity index (χ4n) is 2.97. The van der Waals surface area contributed by atoms with Crippen LogP contribution in [0.2, 0.25) is 0 Å². The van der Waals surface area contributed by atoms with Gasteiger partial charge in [-0.25, -0.2) is 0 Å². The van der Waals surface area contributed by atoms with Crippen molar-refractivity contribution in [3.05, 3.63) is 48.1 Å². The molecule has 1 rings (SSSR count). The Morgan fingerprint density at radius 3 is 2.61 bits per heavy atom. The zero-order valence-electron chi connectivity index (χ0n) is 17.0. The Bertz CT molecular complexity index is 585. The lowest BCUT2D eigenvalue weighted by molar-refractivity contribution is -0.122. The molecule has 3 N–H and O–H groups in total. The number of amides is 1. The van der Waals surface area contributed by atoms with Crippen LogP contribution in [0.15, 0.2) is 48.1 Å². The third-order valence-corrected chi connectivity index (χ3v) is 4.69. The number of hydrogen-bond acceptors (Lipinski definition) is 4. The molecule has 5 nitrogen and oxygen atoms in total. The van der Waals surface area contributed by atoms with E-state index in [1.165, 1.54) is 19.3 Å². The van der Waals surface area contributed by atoms with Crippen molar-refractivity contribution in [2.45, 2.75) is 64.3 Å². The number of aliphatic hydroxyl groups excluding tert-OH is 2. The van der Waals surface area contributed by atoms with Gasteiger partial charge >= 0.3 is 0 Å². The molecule has 1 aliphatic carbocycles. The normalized spacial score (nSPS) is 18.4. The Kier molecular flexibility index (Phi) is 12.9. The summed E-state index contributed by atoms with van der Waals surface area (Å²) < 4.78 is 0. The lowest BCUT2D eigenvalue weighted by Crippen LogP contribution is -2.39. The summed E-state index contributed by atoms with van der Waals surface area (Å²) in [5.41, 5.74) is 0.842. The summed E-state index contributed by atoms with van der Waals surface area (Å²) >= 11 is 0. The van der Waals surface area contributed by atoms with E-state index in [2.05, 4.69) is 24.4 Å². The minimum atomic E-state index is -0.583. The van der Waals surface area contributed by atoms with E-state index in [9.17, 15) is 9.59 Å². The molecular formula is C23H35NO4. The maximum Gasteiger partial charge on any atom is 0.220 e. The van der Waals surface area contributed by atoms with E-state index in [4.69, 9.17) is 10.2 Å². The molecule has 0 saturated carbocycles. The largest absolute Gasteiger partial charge is 0.394 e. The van der Waals surface area contributed by atoms with E-state index >= 15 is 0 Å². The number of aliphatic hydroxyl groups is 2. The van der Waals surface area contributed by atoms with Crippen molar-refractivity contribution in [2.24, 2.45) is 5.92 Å². The summed E-state index contributed by atoms with van der Waals surface area (Å²) in [6.07, 6.45) is 21.1. The minimum Gasteiger partial charge on any atom is -0.394 e. The molecule has 1 amide bonds. The monoisotopic (exact) mass is 389 g/mol. The number of nitrogens with one attached hydrogen (secondary N) is 1. The van der Waals surface area contributed by atoms with Gasteiger partial charge in [-0.3, -0.25) is 9.59 Å². The van der Waals surface area contributed by atoms with Crippen LogP contribution in [0.25, 0.3) is 0 Å². The number of allylic oxidation sites excluding steroid dienone is 8. The molecular weight excluding hydrogens is 354 g/mol. The van der Waals surface area contributed by atoms with Crippen molar-refractivity contribution < 1.29 is 19.8 Å². The molecule has 0 aromatic carbocycles. The summed E-state index contributed by atoms with van der Waals surface area (Å²) in [6, 6.07) is -0.583. The molecule has 5 heteroatoms. The summed E-state index contributed by atoms with van der Waals surface area (Å²) in [7, 11) is 0. The van der Waals surface area contributed by atoms with Crippen LogP contribution in [-0.4, -0.2) is 41.2 Å². The Balaban J connectivity index is 2.31. The zero-order chi connectivity index (χ0) is 20.6. The second-order valence-electron chi connectivity index (χ2n) is 7.10. The highest BCUT2D eigenvalue weighted by Crippen LogP contribution is 2.25. The van der Waals surface area contributed by atoms with Gasteiger partial charge in [-0.1, -0.05) is 56.2 Å². The molecule has 156 valence electrons. The van der Waals surface area contributed by atoms with Crippen LogP contribution < -0.4 is 5.32 Å². The molecule has 0 bridgehead atoms. The highest BCUT2D eigenvalue weighted by Gasteiger charge is 2.20. The first-order valence-corrected chi connectivity index (χ1v) is 10.4. The van der Waals surface area contributed by atoms with Crippen LogP contribution in [0, 0.1) is 5.92 Å². The van der Waals surface area contributed by atoms with E-state index in [0.29, 0.717) is 12.8 Å². The SMILES string of the molecule is CCCCCC=CC=C1C(=O)C=CC1CC=CCCCC(=O)NC(CO)CO. The van der Waals surface area contributed by atoms with E-state index in [1.807, 2.05) is 24.3 Å². The van der Waals surface area contributed by atoms with Gasteiger partial charge in [-0.05, 0) is 38.2 Å². The summed E-state index contributed by atoms with van der Waals surface area (Å²) in [5, 5.41) is 20.5. The van der Waals surface area contributed by atoms with Crippen molar-refractivity contribution in [3.63, 3.8) is 0 Å². The number of carbonyl (C=O) groups excluding carboxylic acids is 2. The van der Waals surface area contributed by atoms with Gasteiger partial charge in [0.1, 0.15) is 0 Å². The quantitative estimate of drug-likeness (QED) is 0.241. The molecule has 28 heavy (non-hydrogen) atoms. The Hall–Kier alpha value is -1.98. The van der Waals surface area contributed by atoms with Crippen LogP contribution >= 0.6 is 0 Å². The number of ketones is 1. The van der Waals surface area contributed by atoms with Gasteiger partial charge in [0.15, 0.2) is 5.78 Å². The molecule has 0 aliphatic heterocycles. The minimum absolute atomic E-state index is 0.0931. The van der Waals surface area contributed by atoms with Crippen molar-refractivity contribution in [2.75, 3.05) is 13.2 Å². The highest BCUT2D eigenvalue weighted by atomic mass is 16.3.